The summed E-state index contributed by atoms with van der Waals surface area (Å²) >= 11 is 3.37. The van der Waals surface area contributed by atoms with E-state index in [9.17, 15) is 14.9 Å². The molecule has 0 aliphatic carbocycles. The van der Waals surface area contributed by atoms with Crippen LogP contribution in [0, 0.1) is 24.0 Å². The van der Waals surface area contributed by atoms with E-state index in [2.05, 4.69) is 21.0 Å². The van der Waals surface area contributed by atoms with Crippen molar-refractivity contribution in [3.05, 3.63) is 55.8 Å². The molecule has 0 unspecified atom stereocenters. The molecule has 0 amide bonds. The highest BCUT2D eigenvalue weighted by Gasteiger charge is 2.23. The first-order valence-corrected chi connectivity index (χ1v) is 7.27. The molecule has 0 aliphatic heterocycles. The van der Waals surface area contributed by atoms with Crippen LogP contribution in [0.1, 0.15) is 17.0 Å². The van der Waals surface area contributed by atoms with Crippen LogP contribution in [0.4, 0.5) is 5.69 Å². The van der Waals surface area contributed by atoms with Gasteiger partial charge < -0.3 is 4.74 Å². The van der Waals surface area contributed by atoms with Gasteiger partial charge in [0.2, 0.25) is 0 Å². The second-order valence-electron chi connectivity index (χ2n) is 4.69. The van der Waals surface area contributed by atoms with E-state index in [1.807, 2.05) is 24.3 Å². The third kappa shape index (κ3) is 3.51. The van der Waals surface area contributed by atoms with Crippen LogP contribution >= 0.6 is 15.9 Å². The smallest absolute Gasteiger partial charge is 0.328 e. The topological polar surface area (TPSA) is 87.3 Å². The number of nitrogens with zero attached hydrogens (tertiary/aromatic N) is 3. The average molecular weight is 368 g/mol. The first-order chi connectivity index (χ1) is 10.4. The number of aryl methyl sites for hydroxylation is 1. The molecule has 0 spiro atoms. The van der Waals surface area contributed by atoms with E-state index < -0.39 is 10.9 Å². The number of carbonyl (C=O) groups is 1. The molecule has 116 valence electrons. The Morgan fingerprint density at radius 3 is 2.68 bits per heavy atom. The summed E-state index contributed by atoms with van der Waals surface area (Å²) in [6.45, 7) is 3.06. The van der Waals surface area contributed by atoms with Gasteiger partial charge in [0, 0.05) is 10.0 Å². The summed E-state index contributed by atoms with van der Waals surface area (Å²) in [4.78, 5) is 22.3. The molecule has 2 aromatic rings. The molecule has 0 N–H and O–H groups in total. The van der Waals surface area contributed by atoms with Crippen molar-refractivity contribution in [2.75, 3.05) is 0 Å². The van der Waals surface area contributed by atoms with Crippen molar-refractivity contribution >= 4 is 27.6 Å². The highest BCUT2D eigenvalue weighted by molar-refractivity contribution is 9.10. The van der Waals surface area contributed by atoms with E-state index in [4.69, 9.17) is 4.74 Å². The zero-order valence-corrected chi connectivity index (χ0v) is 13.7. The standard InChI is InChI=1S/C14H14BrN3O4/c1-9-14(18(20)21)10(2)17(16-9)7-13(19)22-8-11-5-3-4-6-12(11)15/h3-6H,7-8H2,1-2H3. The molecular weight excluding hydrogens is 354 g/mol. The Morgan fingerprint density at radius 2 is 2.09 bits per heavy atom. The van der Waals surface area contributed by atoms with E-state index in [1.165, 1.54) is 11.6 Å². The number of halogens is 1. The van der Waals surface area contributed by atoms with Crippen LogP contribution in [0.25, 0.3) is 0 Å². The van der Waals surface area contributed by atoms with Crippen LogP contribution in [0.5, 0.6) is 0 Å². The number of ether oxygens (including phenoxy) is 1. The molecule has 1 aromatic carbocycles. The summed E-state index contributed by atoms with van der Waals surface area (Å²) in [5.41, 5.74) is 1.38. The molecule has 22 heavy (non-hydrogen) atoms. The Balaban J connectivity index is 2.03. The zero-order chi connectivity index (χ0) is 16.3. The molecule has 0 saturated carbocycles. The van der Waals surface area contributed by atoms with E-state index in [0.29, 0.717) is 5.69 Å². The lowest BCUT2D eigenvalue weighted by molar-refractivity contribution is -0.386. The van der Waals surface area contributed by atoms with Crippen molar-refractivity contribution in [2.45, 2.75) is 27.0 Å². The van der Waals surface area contributed by atoms with Gasteiger partial charge in [-0.15, -0.1) is 0 Å². The van der Waals surface area contributed by atoms with Gasteiger partial charge in [-0.1, -0.05) is 34.1 Å². The lowest BCUT2D eigenvalue weighted by Crippen LogP contribution is -2.15. The maximum Gasteiger partial charge on any atom is 0.328 e. The number of carbonyl (C=O) groups excluding carboxylic acids is 1. The summed E-state index contributed by atoms with van der Waals surface area (Å²) in [5.74, 6) is -0.503. The van der Waals surface area contributed by atoms with E-state index >= 15 is 0 Å². The van der Waals surface area contributed by atoms with Crippen molar-refractivity contribution in [3.63, 3.8) is 0 Å². The molecule has 0 aliphatic rings. The molecule has 0 fully saturated rings. The lowest BCUT2D eigenvalue weighted by atomic mass is 10.2. The molecule has 2 rings (SSSR count). The Kier molecular flexibility index (Phi) is 4.92. The Labute approximate surface area is 135 Å². The van der Waals surface area contributed by atoms with Crippen molar-refractivity contribution in [2.24, 2.45) is 0 Å². The fourth-order valence-electron chi connectivity index (χ4n) is 2.05. The maximum atomic E-state index is 11.9. The van der Waals surface area contributed by atoms with Gasteiger partial charge in [-0.3, -0.25) is 19.6 Å². The summed E-state index contributed by atoms with van der Waals surface area (Å²) in [6.07, 6.45) is 0. The molecular formula is C14H14BrN3O4. The van der Waals surface area contributed by atoms with Gasteiger partial charge in [0.1, 0.15) is 24.5 Å². The first-order valence-electron chi connectivity index (χ1n) is 6.47. The molecule has 1 heterocycles. The molecule has 0 saturated heterocycles. The second kappa shape index (κ2) is 6.69. The molecule has 0 atom stereocenters. The average Bonchev–Trinajstić information content (AvgIpc) is 2.72. The number of hydrogen-bond donors (Lipinski definition) is 0. The van der Waals surface area contributed by atoms with Crippen molar-refractivity contribution in [1.82, 2.24) is 9.78 Å². The highest BCUT2D eigenvalue weighted by Crippen LogP contribution is 2.22. The van der Waals surface area contributed by atoms with Crippen LogP contribution < -0.4 is 0 Å². The molecule has 0 radical (unpaired) electrons. The van der Waals surface area contributed by atoms with Crippen LogP contribution in [0.2, 0.25) is 0 Å². The van der Waals surface area contributed by atoms with E-state index in [1.54, 1.807) is 6.92 Å². The normalized spacial score (nSPS) is 10.5. The van der Waals surface area contributed by atoms with Gasteiger partial charge in [-0.05, 0) is 19.9 Å². The molecule has 1 aromatic heterocycles. The number of nitro groups is 1. The summed E-state index contributed by atoms with van der Waals surface area (Å²) < 4.78 is 7.32. The lowest BCUT2D eigenvalue weighted by Gasteiger charge is -2.07. The van der Waals surface area contributed by atoms with Crippen molar-refractivity contribution in [3.8, 4) is 0 Å². The SMILES string of the molecule is Cc1nn(CC(=O)OCc2ccccc2Br)c(C)c1[N+](=O)[O-]. The number of rotatable bonds is 5. The quantitative estimate of drug-likeness (QED) is 0.460. The summed E-state index contributed by atoms with van der Waals surface area (Å²) in [6, 6.07) is 7.40. The number of aromatic nitrogens is 2. The summed E-state index contributed by atoms with van der Waals surface area (Å²) in [5, 5.41) is 14.9. The van der Waals surface area contributed by atoms with Crippen LogP contribution in [-0.4, -0.2) is 20.7 Å². The van der Waals surface area contributed by atoms with E-state index in [-0.39, 0.29) is 24.5 Å². The largest absolute Gasteiger partial charge is 0.459 e. The van der Waals surface area contributed by atoms with Gasteiger partial charge in [-0.25, -0.2) is 0 Å². The van der Waals surface area contributed by atoms with Crippen molar-refractivity contribution in [1.29, 1.82) is 0 Å². The fraction of sp³-hybridized carbons (Fsp3) is 0.286. The number of esters is 1. The Morgan fingerprint density at radius 1 is 1.41 bits per heavy atom. The zero-order valence-electron chi connectivity index (χ0n) is 12.1. The monoisotopic (exact) mass is 367 g/mol. The van der Waals surface area contributed by atoms with Gasteiger partial charge in [0.25, 0.3) is 0 Å². The predicted octanol–water partition coefficient (Wildman–Crippen LogP) is 2.91. The fourth-order valence-corrected chi connectivity index (χ4v) is 2.45. The third-order valence-corrected chi connectivity index (χ3v) is 3.92. The van der Waals surface area contributed by atoms with Crippen LogP contribution in [-0.2, 0) is 22.7 Å². The van der Waals surface area contributed by atoms with Gasteiger partial charge in [-0.2, -0.15) is 5.10 Å². The number of benzene rings is 1. The van der Waals surface area contributed by atoms with Gasteiger partial charge >= 0.3 is 11.7 Å². The van der Waals surface area contributed by atoms with Crippen LogP contribution in [0.3, 0.4) is 0 Å². The summed E-state index contributed by atoms with van der Waals surface area (Å²) in [7, 11) is 0. The third-order valence-electron chi connectivity index (χ3n) is 3.15. The second-order valence-corrected chi connectivity index (χ2v) is 5.54. The Hall–Kier alpha value is -2.22. The molecule has 0 bridgehead atoms. The minimum Gasteiger partial charge on any atom is -0.459 e. The number of hydrogen-bond acceptors (Lipinski definition) is 5. The maximum absolute atomic E-state index is 11.9. The van der Waals surface area contributed by atoms with Crippen LogP contribution in [0.15, 0.2) is 28.7 Å². The molecule has 7 nitrogen and oxygen atoms in total. The Bertz CT molecular complexity index is 727. The van der Waals surface area contributed by atoms with Crippen molar-refractivity contribution < 1.29 is 14.5 Å². The minimum atomic E-state index is -0.503. The van der Waals surface area contributed by atoms with Gasteiger partial charge in [0.05, 0.1) is 4.92 Å². The highest BCUT2D eigenvalue weighted by atomic mass is 79.9. The first kappa shape index (κ1) is 16.2. The molecule has 8 heteroatoms. The minimum absolute atomic E-state index is 0.0707. The predicted molar refractivity (Wildman–Crippen MR) is 82.3 cm³/mol. The van der Waals surface area contributed by atoms with Gasteiger partial charge in [0.15, 0.2) is 0 Å². The van der Waals surface area contributed by atoms with E-state index in [0.717, 1.165) is 10.0 Å².